The van der Waals surface area contributed by atoms with E-state index in [9.17, 15) is 4.79 Å². The summed E-state index contributed by atoms with van der Waals surface area (Å²) in [4.78, 5) is 16.3. The minimum absolute atomic E-state index is 0.0668. The van der Waals surface area contributed by atoms with Crippen LogP contribution in [0, 0.1) is 0 Å². The lowest BCUT2D eigenvalue weighted by molar-refractivity contribution is 0.102. The van der Waals surface area contributed by atoms with Gasteiger partial charge in [-0.1, -0.05) is 6.92 Å². The van der Waals surface area contributed by atoms with E-state index in [1.807, 2.05) is 6.92 Å². The van der Waals surface area contributed by atoms with Gasteiger partial charge < -0.3 is 4.57 Å². The summed E-state index contributed by atoms with van der Waals surface area (Å²) in [6.45, 7) is 2.78. The number of rotatable bonds is 4. The van der Waals surface area contributed by atoms with Crippen molar-refractivity contribution in [2.24, 2.45) is 7.05 Å². The Morgan fingerprint density at radius 3 is 2.82 bits per heavy atom. The summed E-state index contributed by atoms with van der Waals surface area (Å²) in [5.41, 5.74) is 1.14. The van der Waals surface area contributed by atoms with E-state index in [1.165, 1.54) is 0 Å². The van der Waals surface area contributed by atoms with Gasteiger partial charge in [0.25, 0.3) is 0 Å². The van der Waals surface area contributed by atoms with E-state index in [4.69, 9.17) is 0 Å². The fourth-order valence-electron chi connectivity index (χ4n) is 1.67. The van der Waals surface area contributed by atoms with Crippen LogP contribution in [-0.4, -0.2) is 25.1 Å². The first-order valence-electron chi connectivity index (χ1n) is 5.37. The van der Waals surface area contributed by atoms with Gasteiger partial charge in [-0.05, 0) is 22.4 Å². The van der Waals surface area contributed by atoms with Gasteiger partial charge in [0, 0.05) is 13.6 Å². The summed E-state index contributed by atoms with van der Waals surface area (Å²) in [7, 11) is 1.80. The predicted molar refractivity (Wildman–Crippen MR) is 66.9 cm³/mol. The summed E-state index contributed by atoms with van der Waals surface area (Å²) >= 11 is 3.36. The number of imidazole rings is 1. The van der Waals surface area contributed by atoms with Crippen LogP contribution >= 0.6 is 15.9 Å². The molecule has 2 rings (SSSR count). The average molecular weight is 297 g/mol. The summed E-state index contributed by atoms with van der Waals surface area (Å²) in [6.07, 6.45) is 5.76. The molecule has 0 N–H and O–H groups in total. The number of aryl methyl sites for hydroxylation is 2. The average Bonchev–Trinajstić information content (AvgIpc) is 2.86. The van der Waals surface area contributed by atoms with E-state index in [-0.39, 0.29) is 5.78 Å². The SMILES string of the molecule is CCCn1ncc(Br)c1C(=O)c1cncn1C. The molecule has 0 spiro atoms. The number of hydrogen-bond donors (Lipinski definition) is 0. The molecule has 0 bridgehead atoms. The van der Waals surface area contributed by atoms with Crippen molar-refractivity contribution in [3.05, 3.63) is 34.6 Å². The molecule has 2 aromatic heterocycles. The monoisotopic (exact) mass is 296 g/mol. The lowest BCUT2D eigenvalue weighted by atomic mass is 10.2. The maximum atomic E-state index is 12.4. The largest absolute Gasteiger partial charge is 0.331 e. The maximum Gasteiger partial charge on any atom is 0.230 e. The molecular weight excluding hydrogens is 284 g/mol. The van der Waals surface area contributed by atoms with Crippen LogP contribution in [0.15, 0.2) is 23.2 Å². The molecule has 0 aliphatic carbocycles. The zero-order chi connectivity index (χ0) is 12.4. The van der Waals surface area contributed by atoms with E-state index in [0.29, 0.717) is 11.4 Å². The highest BCUT2D eigenvalue weighted by Gasteiger charge is 2.20. The second-order valence-corrected chi connectivity index (χ2v) is 4.64. The van der Waals surface area contributed by atoms with Crippen LogP contribution in [0.3, 0.4) is 0 Å². The Bertz CT molecular complexity index is 543. The van der Waals surface area contributed by atoms with Gasteiger partial charge >= 0.3 is 0 Å². The first-order valence-corrected chi connectivity index (χ1v) is 6.16. The van der Waals surface area contributed by atoms with Crippen molar-refractivity contribution in [1.29, 1.82) is 0 Å². The molecule has 0 saturated heterocycles. The lowest BCUT2D eigenvalue weighted by Crippen LogP contribution is -2.14. The number of ketones is 1. The van der Waals surface area contributed by atoms with E-state index in [1.54, 1.807) is 35.0 Å². The van der Waals surface area contributed by atoms with Crippen LogP contribution in [0.25, 0.3) is 0 Å². The Hall–Kier alpha value is -1.43. The van der Waals surface area contributed by atoms with Gasteiger partial charge in [0.15, 0.2) is 0 Å². The first-order chi connectivity index (χ1) is 8.15. The van der Waals surface area contributed by atoms with Crippen LogP contribution in [0.2, 0.25) is 0 Å². The van der Waals surface area contributed by atoms with Crippen molar-refractivity contribution in [1.82, 2.24) is 19.3 Å². The van der Waals surface area contributed by atoms with Crippen molar-refractivity contribution in [3.63, 3.8) is 0 Å². The van der Waals surface area contributed by atoms with Gasteiger partial charge in [-0.3, -0.25) is 9.48 Å². The topological polar surface area (TPSA) is 52.7 Å². The second-order valence-electron chi connectivity index (χ2n) is 3.78. The minimum atomic E-state index is -0.0668. The molecule has 0 aliphatic heterocycles. The van der Waals surface area contributed by atoms with Crippen molar-refractivity contribution >= 4 is 21.7 Å². The zero-order valence-corrected chi connectivity index (χ0v) is 11.3. The molecular formula is C11H13BrN4O. The summed E-state index contributed by atoms with van der Waals surface area (Å²) in [5.74, 6) is -0.0668. The summed E-state index contributed by atoms with van der Waals surface area (Å²) in [5, 5.41) is 4.19. The molecule has 0 aliphatic rings. The van der Waals surface area contributed by atoms with Crippen LogP contribution in [0.4, 0.5) is 0 Å². The number of nitrogens with zero attached hydrogens (tertiary/aromatic N) is 4. The van der Waals surface area contributed by atoms with Crippen molar-refractivity contribution in [2.45, 2.75) is 19.9 Å². The Kier molecular flexibility index (Phi) is 3.42. The number of carbonyl (C=O) groups excluding carboxylic acids is 1. The number of aromatic nitrogens is 4. The fraction of sp³-hybridized carbons (Fsp3) is 0.364. The standard InChI is InChI=1S/C11H13BrN4O/c1-3-4-16-10(8(12)5-14-16)11(17)9-6-13-7-15(9)2/h5-7H,3-4H2,1-2H3. The molecule has 0 unspecified atom stereocenters. The highest BCUT2D eigenvalue weighted by molar-refractivity contribution is 9.10. The first kappa shape index (κ1) is 12.0. The number of hydrogen-bond acceptors (Lipinski definition) is 3. The van der Waals surface area contributed by atoms with Gasteiger partial charge in [0.2, 0.25) is 5.78 Å². The van der Waals surface area contributed by atoms with Crippen LogP contribution in [0.5, 0.6) is 0 Å². The van der Waals surface area contributed by atoms with E-state index >= 15 is 0 Å². The van der Waals surface area contributed by atoms with Gasteiger partial charge in [-0.25, -0.2) is 4.98 Å². The van der Waals surface area contributed by atoms with Crippen LogP contribution < -0.4 is 0 Å². The fourth-order valence-corrected chi connectivity index (χ4v) is 2.14. The predicted octanol–water partition coefficient (Wildman–Crippen LogP) is 2.02. The third kappa shape index (κ3) is 2.17. The quantitative estimate of drug-likeness (QED) is 0.811. The molecule has 0 aromatic carbocycles. The van der Waals surface area contributed by atoms with E-state index < -0.39 is 0 Å². The van der Waals surface area contributed by atoms with Gasteiger partial charge in [-0.2, -0.15) is 5.10 Å². The highest BCUT2D eigenvalue weighted by Crippen LogP contribution is 2.19. The summed E-state index contributed by atoms with van der Waals surface area (Å²) < 4.78 is 4.15. The molecule has 6 heteroatoms. The number of halogens is 1. The molecule has 0 atom stereocenters. The Morgan fingerprint density at radius 2 is 2.24 bits per heavy atom. The molecule has 0 radical (unpaired) electrons. The van der Waals surface area contributed by atoms with E-state index in [2.05, 4.69) is 26.0 Å². The summed E-state index contributed by atoms with van der Waals surface area (Å²) in [6, 6.07) is 0. The van der Waals surface area contributed by atoms with Gasteiger partial charge in [-0.15, -0.1) is 0 Å². The second kappa shape index (κ2) is 4.83. The Labute approximate surface area is 108 Å². The molecule has 90 valence electrons. The minimum Gasteiger partial charge on any atom is -0.331 e. The molecule has 0 saturated carbocycles. The van der Waals surface area contributed by atoms with Crippen molar-refractivity contribution < 1.29 is 4.79 Å². The maximum absolute atomic E-state index is 12.4. The van der Waals surface area contributed by atoms with Crippen LogP contribution in [-0.2, 0) is 13.6 Å². The normalized spacial score (nSPS) is 10.8. The molecule has 0 amide bonds. The molecule has 0 fully saturated rings. The van der Waals surface area contributed by atoms with Gasteiger partial charge in [0.1, 0.15) is 11.4 Å². The Balaban J connectivity index is 2.43. The molecule has 5 nitrogen and oxygen atoms in total. The lowest BCUT2D eigenvalue weighted by Gasteiger charge is -2.06. The van der Waals surface area contributed by atoms with Gasteiger partial charge in [0.05, 0.1) is 23.2 Å². The van der Waals surface area contributed by atoms with Crippen LogP contribution in [0.1, 0.15) is 29.5 Å². The molecule has 17 heavy (non-hydrogen) atoms. The zero-order valence-electron chi connectivity index (χ0n) is 9.72. The highest BCUT2D eigenvalue weighted by atomic mass is 79.9. The van der Waals surface area contributed by atoms with E-state index in [0.717, 1.165) is 17.4 Å². The number of carbonyl (C=O) groups is 1. The molecule has 2 heterocycles. The Morgan fingerprint density at radius 1 is 1.47 bits per heavy atom. The van der Waals surface area contributed by atoms with Crippen molar-refractivity contribution in [3.8, 4) is 0 Å². The van der Waals surface area contributed by atoms with Crippen molar-refractivity contribution in [2.75, 3.05) is 0 Å². The molecule has 2 aromatic rings. The third-order valence-corrected chi connectivity index (χ3v) is 3.07. The smallest absolute Gasteiger partial charge is 0.230 e. The third-order valence-electron chi connectivity index (χ3n) is 2.49.